The molecule has 0 amide bonds. The SMILES string of the molecule is CN(C)C1CCCC1.CO. The van der Waals surface area contributed by atoms with Crippen molar-refractivity contribution in [3.63, 3.8) is 0 Å². The van der Waals surface area contributed by atoms with Crippen LogP contribution in [-0.4, -0.2) is 37.3 Å². The first-order valence-electron chi connectivity index (χ1n) is 3.92. The average Bonchev–Trinajstić information content (AvgIpc) is 2.42. The van der Waals surface area contributed by atoms with Crippen LogP contribution in [0.15, 0.2) is 0 Å². The largest absolute Gasteiger partial charge is 0.400 e. The Labute approximate surface area is 63.8 Å². The summed E-state index contributed by atoms with van der Waals surface area (Å²) < 4.78 is 0. The molecule has 1 N–H and O–H groups in total. The molecule has 0 saturated heterocycles. The van der Waals surface area contributed by atoms with E-state index in [4.69, 9.17) is 5.11 Å². The molecule has 10 heavy (non-hydrogen) atoms. The van der Waals surface area contributed by atoms with E-state index in [1.54, 1.807) is 0 Å². The van der Waals surface area contributed by atoms with E-state index in [1.165, 1.54) is 25.7 Å². The molecule has 0 unspecified atom stereocenters. The third-order valence-corrected chi connectivity index (χ3v) is 2.05. The summed E-state index contributed by atoms with van der Waals surface area (Å²) >= 11 is 0. The van der Waals surface area contributed by atoms with Gasteiger partial charge in [-0.3, -0.25) is 0 Å². The van der Waals surface area contributed by atoms with Crippen molar-refractivity contribution in [3.8, 4) is 0 Å². The van der Waals surface area contributed by atoms with Gasteiger partial charge < -0.3 is 10.0 Å². The molecule has 1 saturated carbocycles. The molecule has 0 aromatic carbocycles. The Bertz CT molecular complexity index is 67.7. The summed E-state index contributed by atoms with van der Waals surface area (Å²) in [6, 6.07) is 0.898. The van der Waals surface area contributed by atoms with E-state index in [9.17, 15) is 0 Å². The molecule has 0 aliphatic heterocycles. The fraction of sp³-hybridized carbons (Fsp3) is 1.00. The number of hydrogen-bond donors (Lipinski definition) is 1. The summed E-state index contributed by atoms with van der Waals surface area (Å²) in [6.45, 7) is 0. The standard InChI is InChI=1S/C7H15N.CH4O/c1-8(2)7-5-3-4-6-7;1-2/h7H,3-6H2,1-2H3;2H,1H3. The predicted octanol–water partition coefficient (Wildman–Crippen LogP) is 1.10. The van der Waals surface area contributed by atoms with Crippen LogP contribution in [0.5, 0.6) is 0 Å². The maximum absolute atomic E-state index is 7.00. The third kappa shape index (κ3) is 3.18. The molecule has 0 heterocycles. The first kappa shape index (κ1) is 9.92. The lowest BCUT2D eigenvalue weighted by Gasteiger charge is -2.17. The van der Waals surface area contributed by atoms with E-state index in [-0.39, 0.29) is 0 Å². The summed E-state index contributed by atoms with van der Waals surface area (Å²) in [7, 11) is 5.35. The molecule has 1 rings (SSSR count). The summed E-state index contributed by atoms with van der Waals surface area (Å²) in [6.07, 6.45) is 5.74. The highest BCUT2D eigenvalue weighted by atomic mass is 16.2. The average molecular weight is 145 g/mol. The van der Waals surface area contributed by atoms with Crippen LogP contribution in [0, 0.1) is 0 Å². The summed E-state index contributed by atoms with van der Waals surface area (Å²) in [5.41, 5.74) is 0. The van der Waals surface area contributed by atoms with Crippen molar-refractivity contribution in [2.75, 3.05) is 21.2 Å². The Morgan fingerprint density at radius 2 is 1.50 bits per heavy atom. The third-order valence-electron chi connectivity index (χ3n) is 2.05. The van der Waals surface area contributed by atoms with Crippen LogP contribution in [0.2, 0.25) is 0 Å². The second-order valence-corrected chi connectivity index (χ2v) is 2.90. The Balaban J connectivity index is 0.000000371. The maximum atomic E-state index is 7.00. The second-order valence-electron chi connectivity index (χ2n) is 2.90. The van der Waals surface area contributed by atoms with Crippen LogP contribution >= 0.6 is 0 Å². The number of aliphatic hydroxyl groups excluding tert-OH is 1. The molecule has 1 aliphatic rings. The molecule has 1 aliphatic carbocycles. The van der Waals surface area contributed by atoms with E-state index >= 15 is 0 Å². The van der Waals surface area contributed by atoms with Crippen LogP contribution in [0.3, 0.4) is 0 Å². The van der Waals surface area contributed by atoms with Gasteiger partial charge in [0.05, 0.1) is 0 Å². The Hall–Kier alpha value is -0.0800. The highest BCUT2D eigenvalue weighted by Crippen LogP contribution is 2.20. The molecule has 0 spiro atoms. The summed E-state index contributed by atoms with van der Waals surface area (Å²) in [5, 5.41) is 7.00. The monoisotopic (exact) mass is 145 g/mol. The van der Waals surface area contributed by atoms with Gasteiger partial charge >= 0.3 is 0 Å². The highest BCUT2D eigenvalue weighted by Gasteiger charge is 2.15. The minimum Gasteiger partial charge on any atom is -0.400 e. The number of hydrogen-bond acceptors (Lipinski definition) is 2. The van der Waals surface area contributed by atoms with E-state index in [0.29, 0.717) is 0 Å². The first-order valence-corrected chi connectivity index (χ1v) is 3.92. The number of aliphatic hydroxyl groups is 1. The van der Waals surface area contributed by atoms with Crippen molar-refractivity contribution in [1.82, 2.24) is 4.90 Å². The topological polar surface area (TPSA) is 23.5 Å². The molecule has 0 atom stereocenters. The minimum atomic E-state index is 0.898. The van der Waals surface area contributed by atoms with Crippen LogP contribution < -0.4 is 0 Å². The van der Waals surface area contributed by atoms with Gasteiger partial charge in [-0.2, -0.15) is 0 Å². The van der Waals surface area contributed by atoms with Gasteiger partial charge in [-0.1, -0.05) is 12.8 Å². The van der Waals surface area contributed by atoms with Crippen molar-refractivity contribution < 1.29 is 5.11 Å². The zero-order chi connectivity index (χ0) is 7.98. The van der Waals surface area contributed by atoms with Crippen LogP contribution in [0.4, 0.5) is 0 Å². The molecular weight excluding hydrogens is 126 g/mol. The van der Waals surface area contributed by atoms with Crippen molar-refractivity contribution in [2.24, 2.45) is 0 Å². The molecule has 0 radical (unpaired) electrons. The number of rotatable bonds is 1. The second kappa shape index (κ2) is 5.69. The lowest BCUT2D eigenvalue weighted by atomic mass is 10.2. The number of nitrogens with zero attached hydrogens (tertiary/aromatic N) is 1. The fourth-order valence-electron chi connectivity index (χ4n) is 1.42. The lowest BCUT2D eigenvalue weighted by Crippen LogP contribution is -2.23. The lowest BCUT2D eigenvalue weighted by molar-refractivity contribution is 0.299. The molecule has 62 valence electrons. The smallest absolute Gasteiger partial charge is 0.0319 e. The summed E-state index contributed by atoms with van der Waals surface area (Å²) in [5.74, 6) is 0. The predicted molar refractivity (Wildman–Crippen MR) is 44.1 cm³/mol. The Morgan fingerprint density at radius 1 is 1.10 bits per heavy atom. The van der Waals surface area contributed by atoms with Crippen molar-refractivity contribution in [1.29, 1.82) is 0 Å². The molecule has 2 nitrogen and oxygen atoms in total. The van der Waals surface area contributed by atoms with Crippen LogP contribution in [-0.2, 0) is 0 Å². The van der Waals surface area contributed by atoms with E-state index in [1.807, 2.05) is 0 Å². The van der Waals surface area contributed by atoms with Gasteiger partial charge in [0.25, 0.3) is 0 Å². The van der Waals surface area contributed by atoms with Crippen molar-refractivity contribution >= 4 is 0 Å². The van der Waals surface area contributed by atoms with Gasteiger partial charge in [-0.05, 0) is 26.9 Å². The minimum absolute atomic E-state index is 0.898. The molecule has 0 aromatic rings. The van der Waals surface area contributed by atoms with E-state index in [0.717, 1.165) is 13.2 Å². The zero-order valence-electron chi connectivity index (χ0n) is 7.30. The van der Waals surface area contributed by atoms with E-state index in [2.05, 4.69) is 19.0 Å². The molecule has 0 aromatic heterocycles. The highest BCUT2D eigenvalue weighted by molar-refractivity contribution is 4.72. The fourth-order valence-corrected chi connectivity index (χ4v) is 1.42. The van der Waals surface area contributed by atoms with Gasteiger partial charge in [0.2, 0.25) is 0 Å². The van der Waals surface area contributed by atoms with Crippen LogP contribution in [0.25, 0.3) is 0 Å². The Kier molecular flexibility index (Phi) is 5.64. The van der Waals surface area contributed by atoms with Gasteiger partial charge in [0, 0.05) is 13.2 Å². The first-order chi connectivity index (χ1) is 4.80. The molecular formula is C8H19NO. The quantitative estimate of drug-likeness (QED) is 0.597. The van der Waals surface area contributed by atoms with Gasteiger partial charge in [0.15, 0.2) is 0 Å². The van der Waals surface area contributed by atoms with Crippen molar-refractivity contribution in [2.45, 2.75) is 31.7 Å². The molecule has 0 bridgehead atoms. The van der Waals surface area contributed by atoms with Gasteiger partial charge in [-0.15, -0.1) is 0 Å². The Morgan fingerprint density at radius 3 is 1.70 bits per heavy atom. The van der Waals surface area contributed by atoms with Crippen LogP contribution in [0.1, 0.15) is 25.7 Å². The maximum Gasteiger partial charge on any atom is 0.0319 e. The normalized spacial score (nSPS) is 18.9. The summed E-state index contributed by atoms with van der Waals surface area (Å²) in [4.78, 5) is 2.34. The van der Waals surface area contributed by atoms with E-state index < -0.39 is 0 Å². The molecule has 1 fully saturated rings. The van der Waals surface area contributed by atoms with Gasteiger partial charge in [0.1, 0.15) is 0 Å². The zero-order valence-corrected chi connectivity index (χ0v) is 7.30. The molecule has 2 heteroatoms. The van der Waals surface area contributed by atoms with Crippen molar-refractivity contribution in [3.05, 3.63) is 0 Å². The van der Waals surface area contributed by atoms with Gasteiger partial charge in [-0.25, -0.2) is 0 Å².